The van der Waals surface area contributed by atoms with Gasteiger partial charge in [0.2, 0.25) is 0 Å². The number of nitrogens with zero attached hydrogens (tertiary/aromatic N) is 2. The molecule has 2 aromatic rings. The number of hydrogen-bond donors (Lipinski definition) is 2. The third-order valence-corrected chi connectivity index (χ3v) is 4.39. The summed E-state index contributed by atoms with van der Waals surface area (Å²) >= 11 is 5.76. The molecule has 0 saturated carbocycles. The highest BCUT2D eigenvalue weighted by Gasteiger charge is 2.50. The number of aliphatic hydroxyl groups is 1. The molecule has 2 N–H and O–H groups in total. The van der Waals surface area contributed by atoms with Crippen molar-refractivity contribution >= 4 is 17.4 Å². The molecule has 26 heavy (non-hydrogen) atoms. The maximum absolute atomic E-state index is 13.8. The molecule has 2 atom stereocenters. The fourth-order valence-corrected chi connectivity index (χ4v) is 3.18. The van der Waals surface area contributed by atoms with Gasteiger partial charge in [-0.3, -0.25) is 0 Å². The zero-order valence-corrected chi connectivity index (χ0v) is 15.0. The van der Waals surface area contributed by atoms with E-state index in [2.05, 4.69) is 15.5 Å². The second-order valence-corrected chi connectivity index (χ2v) is 6.41. The molecule has 9 heteroatoms. The molecule has 140 valence electrons. The van der Waals surface area contributed by atoms with Crippen molar-refractivity contribution in [2.24, 2.45) is 0 Å². The predicted octanol–water partition coefficient (Wildman–Crippen LogP) is 2.21. The van der Waals surface area contributed by atoms with Crippen molar-refractivity contribution in [2.45, 2.75) is 17.7 Å². The first-order valence-corrected chi connectivity index (χ1v) is 8.27. The number of fused-ring (bicyclic) bond motifs is 1. The molecule has 1 aromatic carbocycles. The van der Waals surface area contributed by atoms with Crippen LogP contribution in [0.4, 0.5) is 10.2 Å². The van der Waals surface area contributed by atoms with Crippen LogP contribution < -0.4 is 10.1 Å². The summed E-state index contributed by atoms with van der Waals surface area (Å²) in [7, 11) is 3.00. The summed E-state index contributed by atoms with van der Waals surface area (Å²) in [5.74, 6) is 0.351. The predicted molar refractivity (Wildman–Crippen MR) is 92.9 cm³/mol. The summed E-state index contributed by atoms with van der Waals surface area (Å²) in [6, 6.07) is 6.56. The van der Waals surface area contributed by atoms with E-state index in [9.17, 15) is 9.50 Å². The summed E-state index contributed by atoms with van der Waals surface area (Å²) in [5.41, 5.74) is -0.719. The molecule has 0 radical (unpaired) electrons. The molecule has 0 bridgehead atoms. The van der Waals surface area contributed by atoms with Gasteiger partial charge in [0.1, 0.15) is 23.5 Å². The molecule has 3 rings (SSSR count). The van der Waals surface area contributed by atoms with Crippen molar-refractivity contribution in [1.82, 2.24) is 10.2 Å². The fourth-order valence-electron chi connectivity index (χ4n) is 3.08. The van der Waals surface area contributed by atoms with E-state index in [1.54, 1.807) is 12.1 Å². The van der Waals surface area contributed by atoms with Gasteiger partial charge >= 0.3 is 0 Å². The molecule has 0 aliphatic carbocycles. The van der Waals surface area contributed by atoms with E-state index in [1.165, 1.54) is 32.4 Å². The van der Waals surface area contributed by atoms with Gasteiger partial charge in [-0.15, -0.1) is 10.2 Å². The first kappa shape index (κ1) is 18.8. The summed E-state index contributed by atoms with van der Waals surface area (Å²) in [4.78, 5) is 0. The van der Waals surface area contributed by atoms with Crippen LogP contribution in [-0.4, -0.2) is 54.4 Å². The largest absolute Gasteiger partial charge is 0.479 e. The lowest BCUT2D eigenvalue weighted by Gasteiger charge is -2.45. The number of nitrogens with one attached hydrogen (secondary N) is 1. The van der Waals surface area contributed by atoms with Crippen LogP contribution >= 0.6 is 11.6 Å². The van der Waals surface area contributed by atoms with E-state index in [0.29, 0.717) is 17.1 Å². The van der Waals surface area contributed by atoms with Crippen LogP contribution in [0.2, 0.25) is 5.15 Å². The van der Waals surface area contributed by atoms with Crippen molar-refractivity contribution in [2.75, 3.05) is 32.8 Å². The Bertz CT molecular complexity index is 756. The summed E-state index contributed by atoms with van der Waals surface area (Å²) in [6.45, 7) is 0.145. The average Bonchev–Trinajstić information content (AvgIpc) is 2.62. The van der Waals surface area contributed by atoms with E-state index < -0.39 is 23.6 Å². The second kappa shape index (κ2) is 7.71. The number of halogens is 2. The Labute approximate surface area is 155 Å². The normalized spacial score (nSPS) is 21.0. The highest BCUT2D eigenvalue weighted by atomic mass is 35.5. The van der Waals surface area contributed by atoms with E-state index in [4.69, 9.17) is 25.8 Å². The van der Waals surface area contributed by atoms with Gasteiger partial charge < -0.3 is 24.6 Å². The summed E-state index contributed by atoms with van der Waals surface area (Å²) in [6.07, 6.45) is -1.12. The zero-order valence-electron chi connectivity index (χ0n) is 14.3. The van der Waals surface area contributed by atoms with Gasteiger partial charge in [0.05, 0.1) is 19.3 Å². The molecule has 0 saturated heterocycles. The lowest BCUT2D eigenvalue weighted by atomic mass is 9.84. The van der Waals surface area contributed by atoms with Crippen LogP contribution in [0.15, 0.2) is 30.3 Å². The SMILES string of the molecule is COCC1(COC)Oc2ccc(F)cc2[C@@H](Nc2ccc(Cl)nn2)[C@@H]1O. The van der Waals surface area contributed by atoms with Crippen molar-refractivity contribution < 1.29 is 23.7 Å². The van der Waals surface area contributed by atoms with Crippen LogP contribution in [0, 0.1) is 5.82 Å². The molecular formula is C17H19ClFN3O4. The molecule has 0 fully saturated rings. The maximum Gasteiger partial charge on any atom is 0.183 e. The van der Waals surface area contributed by atoms with Crippen LogP contribution in [0.3, 0.4) is 0 Å². The van der Waals surface area contributed by atoms with E-state index in [-0.39, 0.29) is 18.4 Å². The molecular weight excluding hydrogens is 365 g/mol. The lowest BCUT2D eigenvalue weighted by Crippen LogP contribution is -2.60. The standard InChI is InChI=1S/C17H19ClFN3O4/c1-24-8-17(9-25-2)16(23)15(20-14-6-5-13(18)21-22-14)11-7-10(19)3-4-12(11)26-17/h3-7,15-16,23H,8-9H2,1-2H3,(H,20,22)/t15-,16+/m1/s1. The minimum atomic E-state index is -1.17. The third-order valence-electron chi connectivity index (χ3n) is 4.19. The van der Waals surface area contributed by atoms with Gasteiger partial charge in [-0.25, -0.2) is 4.39 Å². The number of hydrogen-bond acceptors (Lipinski definition) is 7. The Morgan fingerprint density at radius 2 is 1.96 bits per heavy atom. The molecule has 1 aliphatic heterocycles. The van der Waals surface area contributed by atoms with Gasteiger partial charge in [0, 0.05) is 19.8 Å². The Morgan fingerprint density at radius 1 is 1.23 bits per heavy atom. The van der Waals surface area contributed by atoms with Gasteiger partial charge in [0.25, 0.3) is 0 Å². The summed E-state index contributed by atoms with van der Waals surface area (Å²) < 4.78 is 30.3. The molecule has 7 nitrogen and oxygen atoms in total. The number of aromatic nitrogens is 2. The highest BCUT2D eigenvalue weighted by Crippen LogP contribution is 2.42. The quantitative estimate of drug-likeness (QED) is 0.790. The molecule has 0 unspecified atom stereocenters. The number of anilines is 1. The molecule has 2 heterocycles. The smallest absolute Gasteiger partial charge is 0.183 e. The average molecular weight is 384 g/mol. The maximum atomic E-state index is 13.8. The van der Waals surface area contributed by atoms with Crippen LogP contribution in [-0.2, 0) is 9.47 Å². The van der Waals surface area contributed by atoms with E-state index in [0.717, 1.165) is 0 Å². The van der Waals surface area contributed by atoms with Crippen molar-refractivity contribution in [1.29, 1.82) is 0 Å². The Balaban J connectivity index is 2.03. The number of rotatable bonds is 6. The van der Waals surface area contributed by atoms with Gasteiger partial charge in [-0.1, -0.05) is 11.6 Å². The molecule has 1 aromatic heterocycles. The minimum absolute atomic E-state index is 0.0727. The Morgan fingerprint density at radius 3 is 2.58 bits per heavy atom. The fraction of sp³-hybridized carbons (Fsp3) is 0.412. The van der Waals surface area contributed by atoms with Crippen molar-refractivity contribution in [3.8, 4) is 5.75 Å². The van der Waals surface area contributed by atoms with Crippen molar-refractivity contribution in [3.63, 3.8) is 0 Å². The van der Waals surface area contributed by atoms with E-state index >= 15 is 0 Å². The van der Waals surface area contributed by atoms with Gasteiger partial charge in [-0.2, -0.15) is 0 Å². The molecule has 0 amide bonds. The number of ether oxygens (including phenoxy) is 3. The van der Waals surface area contributed by atoms with Gasteiger partial charge in [0.15, 0.2) is 10.8 Å². The van der Waals surface area contributed by atoms with E-state index in [1.807, 2.05) is 0 Å². The van der Waals surface area contributed by atoms with Crippen LogP contribution in [0.5, 0.6) is 5.75 Å². The topological polar surface area (TPSA) is 85.7 Å². The van der Waals surface area contributed by atoms with Crippen LogP contribution in [0.25, 0.3) is 0 Å². The van der Waals surface area contributed by atoms with Gasteiger partial charge in [-0.05, 0) is 30.3 Å². The Kier molecular flexibility index (Phi) is 5.57. The van der Waals surface area contributed by atoms with Crippen molar-refractivity contribution in [3.05, 3.63) is 46.9 Å². The summed E-state index contributed by atoms with van der Waals surface area (Å²) in [5, 5.41) is 22.1. The molecule has 1 aliphatic rings. The number of aliphatic hydroxyl groups excluding tert-OH is 1. The third kappa shape index (κ3) is 3.59. The second-order valence-electron chi connectivity index (χ2n) is 6.02. The first-order valence-electron chi connectivity index (χ1n) is 7.89. The van der Waals surface area contributed by atoms with Crippen LogP contribution in [0.1, 0.15) is 11.6 Å². The zero-order chi connectivity index (χ0) is 18.7. The minimum Gasteiger partial charge on any atom is -0.479 e. The highest BCUT2D eigenvalue weighted by molar-refractivity contribution is 6.29. The lowest BCUT2D eigenvalue weighted by molar-refractivity contribution is -0.142. The molecule has 0 spiro atoms. The monoisotopic (exact) mass is 383 g/mol. The first-order chi connectivity index (χ1) is 12.5. The Hall–Kier alpha value is -2.00. The number of methoxy groups -OCH3 is 2. The number of benzene rings is 1.